The zero-order valence-corrected chi connectivity index (χ0v) is 18.0. The van der Waals surface area contributed by atoms with Crippen molar-refractivity contribution in [1.29, 1.82) is 0 Å². The molecule has 178 valence electrons. The number of aliphatic carboxylic acids is 1. The molecule has 32 heavy (non-hydrogen) atoms. The van der Waals surface area contributed by atoms with E-state index in [2.05, 4.69) is 38.5 Å². The molecule has 5 atom stereocenters. The normalized spacial score (nSPS) is 15.5. The fraction of sp³-hybridized carbons (Fsp3) is 0.529. The number of aromatic nitrogens is 2. The van der Waals surface area contributed by atoms with Crippen LogP contribution in [0, 0.1) is 0 Å². The highest BCUT2D eigenvalue weighted by molar-refractivity contribution is 7.80. The largest absolute Gasteiger partial charge is 0.480 e. The zero-order chi connectivity index (χ0) is 24.4. The van der Waals surface area contributed by atoms with Crippen LogP contribution in [0.25, 0.3) is 0 Å². The number of carbonyl (C=O) groups is 5. The first kappa shape index (κ1) is 26.9. The molecule has 1 aromatic rings. The summed E-state index contributed by atoms with van der Waals surface area (Å²) in [5.74, 6) is -5.05. The summed E-state index contributed by atoms with van der Waals surface area (Å²) in [5, 5.41) is 26.1. The second kappa shape index (κ2) is 12.6. The molecule has 1 heterocycles. The Hall–Kier alpha value is -3.17. The molecule has 0 saturated heterocycles. The highest BCUT2D eigenvalue weighted by Crippen LogP contribution is 2.03. The Balaban J connectivity index is 2.82. The van der Waals surface area contributed by atoms with Crippen molar-refractivity contribution in [3.05, 3.63) is 18.2 Å². The number of primary amides is 1. The molecule has 0 bridgehead atoms. The van der Waals surface area contributed by atoms with E-state index in [1.54, 1.807) is 0 Å². The van der Waals surface area contributed by atoms with Crippen molar-refractivity contribution in [2.75, 3.05) is 5.75 Å². The molecule has 1 rings (SSSR count). The van der Waals surface area contributed by atoms with Gasteiger partial charge in [0.15, 0.2) is 0 Å². The van der Waals surface area contributed by atoms with E-state index in [0.29, 0.717) is 5.69 Å². The maximum absolute atomic E-state index is 12.6. The van der Waals surface area contributed by atoms with Gasteiger partial charge in [0.1, 0.15) is 18.1 Å². The molecule has 0 radical (unpaired) electrons. The van der Waals surface area contributed by atoms with Gasteiger partial charge in [-0.2, -0.15) is 12.6 Å². The number of rotatable bonds is 13. The number of aromatic amines is 1. The maximum atomic E-state index is 12.6. The van der Waals surface area contributed by atoms with Crippen LogP contribution in [-0.2, 0) is 30.4 Å². The summed E-state index contributed by atoms with van der Waals surface area (Å²) in [7, 11) is 0. The summed E-state index contributed by atoms with van der Waals surface area (Å²) >= 11 is 3.97. The predicted octanol–water partition coefficient (Wildman–Crippen LogP) is -4.00. The quantitative estimate of drug-likeness (QED) is 0.127. The van der Waals surface area contributed by atoms with E-state index in [-0.39, 0.29) is 12.2 Å². The van der Waals surface area contributed by atoms with Crippen LogP contribution in [0.1, 0.15) is 19.0 Å². The van der Waals surface area contributed by atoms with Crippen LogP contribution in [0.2, 0.25) is 0 Å². The van der Waals surface area contributed by atoms with Crippen LogP contribution in [0.15, 0.2) is 12.5 Å². The van der Waals surface area contributed by atoms with Gasteiger partial charge < -0.3 is 42.6 Å². The topological polar surface area (TPSA) is 243 Å². The minimum atomic E-state index is -1.54. The highest BCUT2D eigenvalue weighted by Gasteiger charge is 2.32. The number of amides is 4. The molecule has 0 aliphatic heterocycles. The Morgan fingerprint density at radius 1 is 1.12 bits per heavy atom. The smallest absolute Gasteiger partial charge is 0.326 e. The van der Waals surface area contributed by atoms with Gasteiger partial charge in [0.2, 0.25) is 23.6 Å². The first-order valence-electron chi connectivity index (χ1n) is 9.40. The number of H-pyrrole nitrogens is 1. The molecule has 1 aromatic heterocycles. The summed E-state index contributed by atoms with van der Waals surface area (Å²) in [4.78, 5) is 66.0. The molecule has 4 amide bonds. The Labute approximate surface area is 188 Å². The van der Waals surface area contributed by atoms with E-state index in [9.17, 15) is 34.2 Å². The Morgan fingerprint density at radius 2 is 1.75 bits per heavy atom. The summed E-state index contributed by atoms with van der Waals surface area (Å²) in [6.07, 6.45) is 0.760. The van der Waals surface area contributed by atoms with Crippen molar-refractivity contribution in [3.63, 3.8) is 0 Å². The second-order valence-corrected chi connectivity index (χ2v) is 7.29. The number of carboxylic acid groups (broad SMARTS) is 1. The third-order valence-corrected chi connectivity index (χ3v) is 4.59. The first-order chi connectivity index (χ1) is 15.0. The molecule has 15 heteroatoms. The van der Waals surface area contributed by atoms with Gasteiger partial charge in [-0.1, -0.05) is 0 Å². The van der Waals surface area contributed by atoms with Gasteiger partial charge in [0.05, 0.1) is 24.9 Å². The van der Waals surface area contributed by atoms with Crippen LogP contribution in [-0.4, -0.2) is 85.8 Å². The number of thiol groups is 1. The Kier molecular flexibility index (Phi) is 10.6. The van der Waals surface area contributed by atoms with Gasteiger partial charge in [0.25, 0.3) is 0 Å². The lowest BCUT2D eigenvalue weighted by molar-refractivity contribution is -0.143. The number of imidazole rings is 1. The van der Waals surface area contributed by atoms with Crippen LogP contribution in [0.3, 0.4) is 0 Å². The molecular weight excluding hydrogens is 446 g/mol. The number of aliphatic hydroxyl groups excluding tert-OH is 1. The number of hydrogen-bond donors (Lipinski definition) is 9. The van der Waals surface area contributed by atoms with Gasteiger partial charge in [-0.15, -0.1) is 0 Å². The lowest BCUT2D eigenvalue weighted by Gasteiger charge is -2.25. The van der Waals surface area contributed by atoms with E-state index >= 15 is 0 Å². The average molecular weight is 474 g/mol. The summed E-state index contributed by atoms with van der Waals surface area (Å²) < 4.78 is 0. The van der Waals surface area contributed by atoms with Gasteiger partial charge in [-0.05, 0) is 6.92 Å². The molecule has 0 aromatic carbocycles. The van der Waals surface area contributed by atoms with E-state index in [1.807, 2.05) is 0 Å². The number of carbonyl (C=O) groups excluding carboxylic acids is 4. The summed E-state index contributed by atoms with van der Waals surface area (Å²) in [6, 6.07) is -5.46. The van der Waals surface area contributed by atoms with Crippen molar-refractivity contribution in [2.24, 2.45) is 11.5 Å². The fourth-order valence-corrected chi connectivity index (χ4v) is 2.78. The predicted molar refractivity (Wildman–Crippen MR) is 113 cm³/mol. The number of carboxylic acids is 1. The summed E-state index contributed by atoms with van der Waals surface area (Å²) in [6.45, 7) is 1.21. The van der Waals surface area contributed by atoms with Gasteiger partial charge in [-0.25, -0.2) is 9.78 Å². The first-order valence-corrected chi connectivity index (χ1v) is 10.0. The number of hydrogen-bond acceptors (Lipinski definition) is 9. The SMILES string of the molecule is CC(O)C(NC(=O)C(CS)NC(=O)C(N)CC(N)=O)C(=O)NC(Cc1cnc[nH]1)C(=O)O. The molecule has 0 aliphatic carbocycles. The molecule has 10 N–H and O–H groups in total. The third-order valence-electron chi connectivity index (χ3n) is 4.23. The molecule has 14 nitrogen and oxygen atoms in total. The lowest BCUT2D eigenvalue weighted by Crippen LogP contribution is -2.60. The summed E-state index contributed by atoms with van der Waals surface area (Å²) in [5.41, 5.74) is 10.9. The van der Waals surface area contributed by atoms with Crippen LogP contribution in [0.4, 0.5) is 0 Å². The van der Waals surface area contributed by atoms with Crippen molar-refractivity contribution in [2.45, 2.75) is 50.0 Å². The zero-order valence-electron chi connectivity index (χ0n) is 17.1. The van der Waals surface area contributed by atoms with Crippen molar-refractivity contribution >= 4 is 42.2 Å². The molecule has 5 unspecified atom stereocenters. The van der Waals surface area contributed by atoms with E-state index in [1.165, 1.54) is 19.4 Å². The van der Waals surface area contributed by atoms with Gasteiger partial charge >= 0.3 is 5.97 Å². The number of nitrogens with two attached hydrogens (primary N) is 2. The third kappa shape index (κ3) is 8.52. The average Bonchev–Trinajstić information content (AvgIpc) is 3.21. The molecule has 0 saturated carbocycles. The monoisotopic (exact) mass is 473 g/mol. The van der Waals surface area contributed by atoms with E-state index in [0.717, 1.165) is 0 Å². The minimum Gasteiger partial charge on any atom is -0.480 e. The van der Waals surface area contributed by atoms with Gasteiger partial charge in [0, 0.05) is 24.1 Å². The maximum Gasteiger partial charge on any atom is 0.326 e. The van der Waals surface area contributed by atoms with Crippen molar-refractivity contribution in [1.82, 2.24) is 25.9 Å². The number of nitrogens with zero attached hydrogens (tertiary/aromatic N) is 1. The molecular formula is C17H27N7O7S. The van der Waals surface area contributed by atoms with Crippen LogP contribution >= 0.6 is 12.6 Å². The van der Waals surface area contributed by atoms with Crippen LogP contribution in [0.5, 0.6) is 0 Å². The molecule has 0 aliphatic rings. The molecule has 0 fully saturated rings. The lowest BCUT2D eigenvalue weighted by atomic mass is 10.1. The van der Waals surface area contributed by atoms with Crippen LogP contribution < -0.4 is 27.4 Å². The van der Waals surface area contributed by atoms with Crippen molar-refractivity contribution in [3.8, 4) is 0 Å². The highest BCUT2D eigenvalue weighted by atomic mass is 32.1. The standard InChI is InChI=1S/C17H27N7O7S/c1-7(25)13(16(29)22-10(17(30)31)2-8-4-20-6-21-8)24-15(28)11(5-32)23-14(27)9(18)3-12(19)26/h4,6-7,9-11,13,25,32H,2-3,5,18H2,1H3,(H2,19,26)(H,20,21)(H,22,29)(H,23,27)(H,24,28)(H,30,31). The minimum absolute atomic E-state index is 0.116. The molecule has 0 spiro atoms. The Morgan fingerprint density at radius 3 is 2.22 bits per heavy atom. The van der Waals surface area contributed by atoms with Gasteiger partial charge in [-0.3, -0.25) is 19.2 Å². The number of nitrogens with one attached hydrogen (secondary N) is 4. The van der Waals surface area contributed by atoms with E-state index in [4.69, 9.17) is 11.5 Å². The van der Waals surface area contributed by atoms with Crippen molar-refractivity contribution < 1.29 is 34.2 Å². The van der Waals surface area contributed by atoms with E-state index < -0.39 is 66.3 Å². The number of aliphatic hydroxyl groups is 1. The Bertz CT molecular complexity index is 818. The fourth-order valence-electron chi connectivity index (χ4n) is 2.52. The second-order valence-electron chi connectivity index (χ2n) is 6.93.